The first-order valence-corrected chi connectivity index (χ1v) is 8.61. The Morgan fingerprint density at radius 2 is 1.95 bits per heavy atom. The van der Waals surface area contributed by atoms with Crippen LogP contribution in [0.4, 0.5) is 0 Å². The second-order valence-electron chi connectivity index (χ2n) is 7.45. The smallest absolute Gasteiger partial charge is 0.244 e. The van der Waals surface area contributed by atoms with Gasteiger partial charge in [0.25, 0.3) is 0 Å². The Balaban J connectivity index is 1.73. The number of carbonyl (C=O) groups is 1. The molecule has 1 aromatic rings. The van der Waals surface area contributed by atoms with Gasteiger partial charge < -0.3 is 4.90 Å². The predicted molar refractivity (Wildman–Crippen MR) is 84.2 cm³/mol. The molecule has 1 aliphatic heterocycles. The third-order valence-electron chi connectivity index (χ3n) is 5.84. The van der Waals surface area contributed by atoms with Gasteiger partial charge >= 0.3 is 0 Å². The Hall–Kier alpha value is -1.36. The van der Waals surface area contributed by atoms with Gasteiger partial charge in [0.1, 0.15) is 6.17 Å². The van der Waals surface area contributed by atoms with E-state index in [1.165, 1.54) is 24.1 Å². The Morgan fingerprint density at radius 3 is 2.50 bits per heavy atom. The topological polar surface area (TPSA) is 50.2 Å². The molecular weight excluding hydrogens is 276 g/mol. The maximum Gasteiger partial charge on any atom is 0.244 e. The second-order valence-corrected chi connectivity index (χ2v) is 7.45. The SMILES string of the molecule is Cc1nn(C)c(C)c1[C@H]1NC2(CCCC2)C(=O)N1CC1CC1. The molecule has 2 saturated carbocycles. The van der Waals surface area contributed by atoms with Crippen LogP contribution in [0.3, 0.4) is 0 Å². The molecule has 5 nitrogen and oxygen atoms in total. The van der Waals surface area contributed by atoms with Crippen molar-refractivity contribution < 1.29 is 4.79 Å². The van der Waals surface area contributed by atoms with E-state index in [0.717, 1.165) is 37.9 Å². The quantitative estimate of drug-likeness (QED) is 0.931. The molecule has 2 heterocycles. The van der Waals surface area contributed by atoms with Gasteiger partial charge in [0.05, 0.1) is 11.2 Å². The molecule has 0 unspecified atom stereocenters. The van der Waals surface area contributed by atoms with Crippen molar-refractivity contribution >= 4 is 5.91 Å². The van der Waals surface area contributed by atoms with Crippen LogP contribution in [0, 0.1) is 19.8 Å². The highest BCUT2D eigenvalue weighted by Crippen LogP contribution is 2.44. The molecule has 1 N–H and O–H groups in total. The first kappa shape index (κ1) is 14.2. The highest BCUT2D eigenvalue weighted by Gasteiger charge is 2.54. The number of aromatic nitrogens is 2. The highest BCUT2D eigenvalue weighted by molar-refractivity contribution is 5.89. The van der Waals surface area contributed by atoms with Crippen molar-refractivity contribution in [3.8, 4) is 0 Å². The van der Waals surface area contributed by atoms with E-state index in [2.05, 4.69) is 29.2 Å². The Bertz CT molecular complexity index is 610. The van der Waals surface area contributed by atoms with Crippen LogP contribution in [-0.4, -0.2) is 32.7 Å². The lowest BCUT2D eigenvalue weighted by Crippen LogP contribution is -2.44. The van der Waals surface area contributed by atoms with Gasteiger partial charge in [-0.25, -0.2) is 0 Å². The number of aryl methyl sites for hydroxylation is 2. The van der Waals surface area contributed by atoms with Gasteiger partial charge in [-0.3, -0.25) is 14.8 Å². The molecule has 5 heteroatoms. The molecular formula is C17H26N4O. The normalized spacial score (nSPS) is 27.3. The monoisotopic (exact) mass is 302 g/mol. The van der Waals surface area contributed by atoms with Crippen LogP contribution in [-0.2, 0) is 11.8 Å². The molecule has 3 aliphatic rings. The molecule has 0 aromatic carbocycles. The molecule has 1 saturated heterocycles. The Morgan fingerprint density at radius 1 is 1.27 bits per heavy atom. The lowest BCUT2D eigenvalue weighted by molar-refractivity contribution is -0.133. The zero-order valence-corrected chi connectivity index (χ0v) is 13.9. The van der Waals surface area contributed by atoms with Crippen molar-refractivity contribution in [2.24, 2.45) is 13.0 Å². The molecule has 22 heavy (non-hydrogen) atoms. The summed E-state index contributed by atoms with van der Waals surface area (Å²) in [5, 5.41) is 8.30. The number of amides is 1. The highest BCUT2D eigenvalue weighted by atomic mass is 16.2. The maximum atomic E-state index is 13.1. The minimum atomic E-state index is -0.297. The summed E-state index contributed by atoms with van der Waals surface area (Å²) in [5.41, 5.74) is 3.12. The van der Waals surface area contributed by atoms with Gasteiger partial charge in [0.2, 0.25) is 5.91 Å². The molecule has 3 fully saturated rings. The predicted octanol–water partition coefficient (Wildman–Crippen LogP) is 2.19. The van der Waals surface area contributed by atoms with Crippen LogP contribution in [0.2, 0.25) is 0 Å². The van der Waals surface area contributed by atoms with Crippen molar-refractivity contribution in [2.45, 2.75) is 64.1 Å². The van der Waals surface area contributed by atoms with Crippen molar-refractivity contribution in [1.82, 2.24) is 20.0 Å². The van der Waals surface area contributed by atoms with E-state index in [1.807, 2.05) is 11.7 Å². The van der Waals surface area contributed by atoms with Gasteiger partial charge in [0, 0.05) is 24.8 Å². The lowest BCUT2D eigenvalue weighted by atomic mass is 9.98. The third kappa shape index (κ3) is 2.02. The van der Waals surface area contributed by atoms with E-state index in [1.54, 1.807) is 0 Å². The molecule has 1 atom stereocenters. The first-order chi connectivity index (χ1) is 10.5. The summed E-state index contributed by atoms with van der Waals surface area (Å²) in [6, 6.07) is 0. The summed E-state index contributed by atoms with van der Waals surface area (Å²) in [6.45, 7) is 5.08. The first-order valence-electron chi connectivity index (χ1n) is 8.61. The van der Waals surface area contributed by atoms with Crippen molar-refractivity contribution in [1.29, 1.82) is 0 Å². The molecule has 1 aromatic heterocycles. The van der Waals surface area contributed by atoms with E-state index >= 15 is 0 Å². The second kappa shape index (κ2) is 4.82. The van der Waals surface area contributed by atoms with Gasteiger partial charge in [0.15, 0.2) is 0 Å². The summed E-state index contributed by atoms with van der Waals surface area (Å²) in [4.78, 5) is 15.3. The number of rotatable bonds is 3. The molecule has 1 spiro atoms. The van der Waals surface area contributed by atoms with E-state index in [4.69, 9.17) is 0 Å². The number of hydrogen-bond acceptors (Lipinski definition) is 3. The number of nitrogens with one attached hydrogen (secondary N) is 1. The summed E-state index contributed by atoms with van der Waals surface area (Å²) in [5.74, 6) is 1.05. The van der Waals surface area contributed by atoms with Crippen molar-refractivity contribution in [2.75, 3.05) is 6.54 Å². The van der Waals surface area contributed by atoms with Crippen molar-refractivity contribution in [3.63, 3.8) is 0 Å². The average molecular weight is 302 g/mol. The number of carbonyl (C=O) groups excluding carboxylic acids is 1. The zero-order valence-electron chi connectivity index (χ0n) is 13.9. The van der Waals surface area contributed by atoms with Crippen LogP contribution >= 0.6 is 0 Å². The van der Waals surface area contributed by atoms with Gasteiger partial charge in [-0.05, 0) is 45.4 Å². The lowest BCUT2D eigenvalue weighted by Gasteiger charge is -2.24. The molecule has 0 bridgehead atoms. The minimum absolute atomic E-state index is 0.0138. The fraction of sp³-hybridized carbons (Fsp3) is 0.765. The van der Waals surface area contributed by atoms with Crippen LogP contribution < -0.4 is 5.32 Å². The summed E-state index contributed by atoms with van der Waals surface area (Å²) in [6.07, 6.45) is 6.86. The Labute approximate surface area is 132 Å². The fourth-order valence-corrected chi connectivity index (χ4v) is 4.31. The minimum Gasteiger partial charge on any atom is -0.321 e. The van der Waals surface area contributed by atoms with E-state index < -0.39 is 0 Å². The average Bonchev–Trinajstić information content (AvgIpc) is 3.03. The van der Waals surface area contributed by atoms with Gasteiger partial charge in [-0.1, -0.05) is 12.8 Å². The fourth-order valence-electron chi connectivity index (χ4n) is 4.31. The summed E-state index contributed by atoms with van der Waals surface area (Å²) < 4.78 is 1.94. The Kier molecular flexibility index (Phi) is 3.12. The maximum absolute atomic E-state index is 13.1. The van der Waals surface area contributed by atoms with Crippen LogP contribution in [0.25, 0.3) is 0 Å². The van der Waals surface area contributed by atoms with Crippen LogP contribution in [0.15, 0.2) is 0 Å². The third-order valence-corrected chi connectivity index (χ3v) is 5.84. The summed E-state index contributed by atoms with van der Waals surface area (Å²) >= 11 is 0. The number of hydrogen-bond donors (Lipinski definition) is 1. The van der Waals surface area contributed by atoms with E-state index in [-0.39, 0.29) is 11.7 Å². The molecule has 1 amide bonds. The zero-order chi connectivity index (χ0) is 15.5. The van der Waals surface area contributed by atoms with Gasteiger partial charge in [-0.2, -0.15) is 5.10 Å². The summed E-state index contributed by atoms with van der Waals surface area (Å²) in [7, 11) is 1.99. The number of nitrogens with zero attached hydrogens (tertiary/aromatic N) is 3. The van der Waals surface area contributed by atoms with Gasteiger partial charge in [-0.15, -0.1) is 0 Å². The molecule has 2 aliphatic carbocycles. The largest absolute Gasteiger partial charge is 0.321 e. The van der Waals surface area contributed by atoms with Crippen LogP contribution in [0.1, 0.15) is 61.6 Å². The van der Waals surface area contributed by atoms with Crippen LogP contribution in [0.5, 0.6) is 0 Å². The molecule has 4 rings (SSSR count). The van der Waals surface area contributed by atoms with E-state index in [9.17, 15) is 4.79 Å². The van der Waals surface area contributed by atoms with E-state index in [0.29, 0.717) is 11.8 Å². The molecule has 0 radical (unpaired) electrons. The molecule has 120 valence electrons. The standard InChI is InChI=1S/C17H26N4O/c1-11-14(12(2)20(3)19-11)15-18-17(8-4-5-9-17)16(22)21(15)10-13-6-7-13/h13,15,18H,4-10H2,1-3H3/t15-/m0/s1. The van der Waals surface area contributed by atoms with Crippen molar-refractivity contribution in [3.05, 3.63) is 17.0 Å².